The lowest BCUT2D eigenvalue weighted by molar-refractivity contribution is 0.259. The van der Waals surface area contributed by atoms with E-state index < -0.39 is 0 Å². The number of nitrogens with zero attached hydrogens (tertiary/aromatic N) is 2. The van der Waals surface area contributed by atoms with E-state index in [0.29, 0.717) is 5.13 Å². The molecule has 0 atom stereocenters. The molecule has 2 N–H and O–H groups in total. The SMILES string of the molecule is CCCN(Cc1ccc(F)cc1)Cc1cnc(N)s1. The predicted octanol–water partition coefficient (Wildman–Crippen LogP) is 3.28. The lowest BCUT2D eigenvalue weighted by Gasteiger charge is -2.20. The van der Waals surface area contributed by atoms with Crippen LogP contribution in [0.4, 0.5) is 9.52 Å². The first-order valence-corrected chi connectivity index (χ1v) is 7.16. The van der Waals surface area contributed by atoms with Crippen LogP contribution in [0.15, 0.2) is 30.5 Å². The zero-order valence-electron chi connectivity index (χ0n) is 11.0. The van der Waals surface area contributed by atoms with E-state index in [9.17, 15) is 4.39 Å². The van der Waals surface area contributed by atoms with Crippen LogP contribution in [-0.2, 0) is 13.1 Å². The molecule has 0 bridgehead atoms. The molecule has 102 valence electrons. The van der Waals surface area contributed by atoms with E-state index in [1.165, 1.54) is 23.5 Å². The number of hydrogen-bond acceptors (Lipinski definition) is 4. The molecule has 5 heteroatoms. The smallest absolute Gasteiger partial charge is 0.180 e. The third-order valence-electron chi connectivity index (χ3n) is 2.81. The largest absolute Gasteiger partial charge is 0.375 e. The summed E-state index contributed by atoms with van der Waals surface area (Å²) in [5.74, 6) is -0.193. The van der Waals surface area contributed by atoms with Crippen molar-refractivity contribution in [2.45, 2.75) is 26.4 Å². The normalized spacial score (nSPS) is 11.1. The number of hydrogen-bond donors (Lipinski definition) is 1. The van der Waals surface area contributed by atoms with Crippen molar-refractivity contribution >= 4 is 16.5 Å². The Bertz CT molecular complexity index is 510. The summed E-state index contributed by atoms with van der Waals surface area (Å²) in [6, 6.07) is 6.67. The Kier molecular flexibility index (Phi) is 4.87. The highest BCUT2D eigenvalue weighted by Crippen LogP contribution is 2.18. The Balaban J connectivity index is 2.01. The van der Waals surface area contributed by atoms with Gasteiger partial charge in [-0.1, -0.05) is 19.1 Å². The fourth-order valence-electron chi connectivity index (χ4n) is 1.99. The molecule has 1 aromatic heterocycles. The number of rotatable bonds is 6. The van der Waals surface area contributed by atoms with Crippen molar-refractivity contribution in [3.63, 3.8) is 0 Å². The van der Waals surface area contributed by atoms with Gasteiger partial charge in [0.15, 0.2) is 5.13 Å². The lowest BCUT2D eigenvalue weighted by atomic mass is 10.2. The number of aromatic nitrogens is 1. The molecule has 1 aromatic carbocycles. The van der Waals surface area contributed by atoms with E-state index >= 15 is 0 Å². The maximum Gasteiger partial charge on any atom is 0.180 e. The van der Waals surface area contributed by atoms with Crippen LogP contribution in [0.3, 0.4) is 0 Å². The molecule has 19 heavy (non-hydrogen) atoms. The number of nitrogen functional groups attached to an aromatic ring is 1. The second kappa shape index (κ2) is 6.63. The van der Waals surface area contributed by atoms with Crippen LogP contribution in [0, 0.1) is 5.82 Å². The highest BCUT2D eigenvalue weighted by Gasteiger charge is 2.08. The van der Waals surface area contributed by atoms with Gasteiger partial charge in [-0.2, -0.15) is 0 Å². The molecule has 0 aliphatic carbocycles. The topological polar surface area (TPSA) is 42.2 Å². The van der Waals surface area contributed by atoms with E-state index in [0.717, 1.165) is 36.5 Å². The molecule has 0 unspecified atom stereocenters. The highest BCUT2D eigenvalue weighted by molar-refractivity contribution is 7.15. The van der Waals surface area contributed by atoms with E-state index in [1.54, 1.807) is 0 Å². The number of anilines is 1. The third-order valence-corrected chi connectivity index (χ3v) is 3.62. The summed E-state index contributed by atoms with van der Waals surface area (Å²) in [5.41, 5.74) is 6.76. The number of thiazole rings is 1. The van der Waals surface area contributed by atoms with Gasteiger partial charge in [0.05, 0.1) is 0 Å². The van der Waals surface area contributed by atoms with Gasteiger partial charge >= 0.3 is 0 Å². The van der Waals surface area contributed by atoms with Crippen molar-refractivity contribution in [1.29, 1.82) is 0 Å². The van der Waals surface area contributed by atoms with E-state index in [-0.39, 0.29) is 5.82 Å². The predicted molar refractivity (Wildman–Crippen MR) is 77.3 cm³/mol. The maximum atomic E-state index is 12.9. The van der Waals surface area contributed by atoms with Gasteiger partial charge in [0.1, 0.15) is 5.82 Å². The summed E-state index contributed by atoms with van der Waals surface area (Å²) < 4.78 is 12.9. The van der Waals surface area contributed by atoms with E-state index in [1.807, 2.05) is 18.3 Å². The Hall–Kier alpha value is -1.46. The Morgan fingerprint density at radius 1 is 1.26 bits per heavy atom. The molecule has 0 radical (unpaired) electrons. The molecule has 3 nitrogen and oxygen atoms in total. The Morgan fingerprint density at radius 2 is 2.00 bits per heavy atom. The molecule has 0 aliphatic rings. The van der Waals surface area contributed by atoms with Crippen LogP contribution in [-0.4, -0.2) is 16.4 Å². The minimum atomic E-state index is -0.193. The van der Waals surface area contributed by atoms with Crippen molar-refractivity contribution in [3.8, 4) is 0 Å². The average Bonchev–Trinajstić information content (AvgIpc) is 2.78. The minimum Gasteiger partial charge on any atom is -0.375 e. The standard InChI is InChI=1S/C14H18FN3S/c1-2-7-18(10-13-8-17-14(16)19-13)9-11-3-5-12(15)6-4-11/h3-6,8H,2,7,9-10H2,1H3,(H2,16,17). The summed E-state index contributed by atoms with van der Waals surface area (Å²) >= 11 is 1.52. The highest BCUT2D eigenvalue weighted by atomic mass is 32.1. The summed E-state index contributed by atoms with van der Waals surface area (Å²) in [6.07, 6.45) is 2.91. The molecule has 2 aromatic rings. The fraction of sp³-hybridized carbons (Fsp3) is 0.357. The Labute approximate surface area is 116 Å². The number of nitrogens with two attached hydrogens (primary N) is 1. The van der Waals surface area contributed by atoms with Crippen molar-refractivity contribution < 1.29 is 4.39 Å². The van der Waals surface area contributed by atoms with Gasteiger partial charge in [-0.15, -0.1) is 11.3 Å². The van der Waals surface area contributed by atoms with Gasteiger partial charge in [-0.3, -0.25) is 4.90 Å². The summed E-state index contributed by atoms with van der Waals surface area (Å²) in [6.45, 7) is 4.79. The molecule has 0 spiro atoms. The van der Waals surface area contributed by atoms with Crippen LogP contribution >= 0.6 is 11.3 Å². The van der Waals surface area contributed by atoms with Crippen LogP contribution in [0.1, 0.15) is 23.8 Å². The second-order valence-corrected chi connectivity index (χ2v) is 5.65. The van der Waals surface area contributed by atoms with Crippen molar-refractivity contribution in [2.24, 2.45) is 0 Å². The number of benzene rings is 1. The molecular formula is C14H18FN3S. The average molecular weight is 279 g/mol. The first-order chi connectivity index (χ1) is 9.17. The molecular weight excluding hydrogens is 261 g/mol. The summed E-state index contributed by atoms with van der Waals surface area (Å²) in [5, 5.41) is 0.605. The lowest BCUT2D eigenvalue weighted by Crippen LogP contribution is -2.23. The summed E-state index contributed by atoms with van der Waals surface area (Å²) in [7, 11) is 0. The van der Waals surface area contributed by atoms with Crippen molar-refractivity contribution in [2.75, 3.05) is 12.3 Å². The Morgan fingerprint density at radius 3 is 2.58 bits per heavy atom. The van der Waals surface area contributed by atoms with Crippen LogP contribution in [0.5, 0.6) is 0 Å². The van der Waals surface area contributed by atoms with Gasteiger partial charge in [0.2, 0.25) is 0 Å². The molecule has 0 amide bonds. The zero-order valence-corrected chi connectivity index (χ0v) is 11.8. The number of halogens is 1. The molecule has 2 rings (SSSR count). The van der Waals surface area contributed by atoms with Gasteiger partial charge in [-0.05, 0) is 30.7 Å². The third kappa shape index (κ3) is 4.29. The first kappa shape index (κ1) is 14.0. The quantitative estimate of drug-likeness (QED) is 0.882. The molecule has 0 aliphatic heterocycles. The first-order valence-electron chi connectivity index (χ1n) is 6.34. The van der Waals surface area contributed by atoms with Crippen molar-refractivity contribution in [3.05, 3.63) is 46.7 Å². The van der Waals surface area contributed by atoms with Gasteiger partial charge in [0, 0.05) is 24.2 Å². The van der Waals surface area contributed by atoms with E-state index in [4.69, 9.17) is 5.73 Å². The summed E-state index contributed by atoms with van der Waals surface area (Å²) in [4.78, 5) is 7.55. The maximum absolute atomic E-state index is 12.9. The van der Waals surface area contributed by atoms with Gasteiger partial charge < -0.3 is 5.73 Å². The fourth-order valence-corrected chi connectivity index (χ4v) is 2.72. The van der Waals surface area contributed by atoms with Gasteiger partial charge in [0.25, 0.3) is 0 Å². The van der Waals surface area contributed by atoms with Crippen LogP contribution in [0.2, 0.25) is 0 Å². The van der Waals surface area contributed by atoms with Crippen molar-refractivity contribution in [1.82, 2.24) is 9.88 Å². The molecule has 0 fully saturated rings. The van der Waals surface area contributed by atoms with E-state index in [2.05, 4.69) is 16.8 Å². The molecule has 0 saturated carbocycles. The van der Waals surface area contributed by atoms with Crippen LogP contribution < -0.4 is 5.73 Å². The van der Waals surface area contributed by atoms with Gasteiger partial charge in [-0.25, -0.2) is 9.37 Å². The van der Waals surface area contributed by atoms with Crippen LogP contribution in [0.25, 0.3) is 0 Å². The monoisotopic (exact) mass is 279 g/mol. The molecule has 1 heterocycles. The molecule has 0 saturated heterocycles. The zero-order chi connectivity index (χ0) is 13.7. The minimum absolute atomic E-state index is 0.193. The second-order valence-electron chi connectivity index (χ2n) is 4.50.